The van der Waals surface area contributed by atoms with Crippen LogP contribution < -0.4 is 10.6 Å². The summed E-state index contributed by atoms with van der Waals surface area (Å²) in [6, 6.07) is 14.6. The SMILES string of the molecule is O=C1NC2=C(C(=O)N(Cc3ccccc3)C2)[C@H](c2ccc(F)cc2)N1. The molecular weight excluding hydrogens is 321 g/mol. The maximum Gasteiger partial charge on any atom is 0.319 e. The minimum Gasteiger partial charge on any atom is -0.329 e. The zero-order chi connectivity index (χ0) is 17.4. The lowest BCUT2D eigenvalue weighted by atomic mass is 9.96. The smallest absolute Gasteiger partial charge is 0.319 e. The Morgan fingerprint density at radius 3 is 2.48 bits per heavy atom. The van der Waals surface area contributed by atoms with Crippen molar-refractivity contribution >= 4 is 11.9 Å². The predicted octanol–water partition coefficient (Wildman–Crippen LogP) is 2.48. The van der Waals surface area contributed by atoms with Crippen molar-refractivity contribution in [3.05, 3.63) is 82.8 Å². The summed E-state index contributed by atoms with van der Waals surface area (Å²) in [7, 11) is 0. The van der Waals surface area contributed by atoms with E-state index in [0.29, 0.717) is 29.9 Å². The van der Waals surface area contributed by atoms with Gasteiger partial charge in [-0.1, -0.05) is 42.5 Å². The van der Waals surface area contributed by atoms with Crippen LogP contribution in [0.2, 0.25) is 0 Å². The molecule has 2 aliphatic heterocycles. The van der Waals surface area contributed by atoms with E-state index in [0.717, 1.165) is 5.56 Å². The molecule has 2 aliphatic rings. The van der Waals surface area contributed by atoms with Crippen molar-refractivity contribution in [2.24, 2.45) is 0 Å². The third-order valence-electron chi connectivity index (χ3n) is 4.44. The molecule has 0 radical (unpaired) electrons. The van der Waals surface area contributed by atoms with Crippen LogP contribution in [-0.4, -0.2) is 23.4 Å². The molecule has 0 saturated heterocycles. The summed E-state index contributed by atoms with van der Waals surface area (Å²) in [6.07, 6.45) is 0. The van der Waals surface area contributed by atoms with E-state index in [1.165, 1.54) is 12.1 Å². The molecule has 2 N–H and O–H groups in total. The second-order valence-corrected chi connectivity index (χ2v) is 6.12. The van der Waals surface area contributed by atoms with E-state index >= 15 is 0 Å². The number of hydrogen-bond acceptors (Lipinski definition) is 2. The molecule has 0 spiro atoms. The molecular formula is C19H16FN3O2. The second kappa shape index (κ2) is 6.05. The van der Waals surface area contributed by atoms with Gasteiger partial charge in [0.1, 0.15) is 5.82 Å². The summed E-state index contributed by atoms with van der Waals surface area (Å²) in [4.78, 5) is 26.6. The molecule has 6 heteroatoms. The molecule has 2 heterocycles. The van der Waals surface area contributed by atoms with Gasteiger partial charge in [0.05, 0.1) is 23.9 Å². The van der Waals surface area contributed by atoms with Gasteiger partial charge in [-0.3, -0.25) is 4.79 Å². The summed E-state index contributed by atoms with van der Waals surface area (Å²) >= 11 is 0. The van der Waals surface area contributed by atoms with Crippen LogP contribution in [0.5, 0.6) is 0 Å². The normalized spacial score (nSPS) is 19.6. The first-order valence-corrected chi connectivity index (χ1v) is 8.01. The topological polar surface area (TPSA) is 61.4 Å². The molecule has 0 unspecified atom stereocenters. The first-order chi connectivity index (χ1) is 12.1. The molecule has 25 heavy (non-hydrogen) atoms. The number of amides is 3. The highest BCUT2D eigenvalue weighted by Gasteiger charge is 2.40. The van der Waals surface area contributed by atoms with E-state index in [2.05, 4.69) is 10.6 Å². The highest BCUT2D eigenvalue weighted by atomic mass is 19.1. The van der Waals surface area contributed by atoms with E-state index < -0.39 is 6.04 Å². The molecule has 3 amide bonds. The van der Waals surface area contributed by atoms with Gasteiger partial charge < -0.3 is 15.5 Å². The summed E-state index contributed by atoms with van der Waals surface area (Å²) in [6.45, 7) is 0.826. The fourth-order valence-electron chi connectivity index (χ4n) is 3.26. The highest BCUT2D eigenvalue weighted by molar-refractivity contribution is 6.01. The summed E-state index contributed by atoms with van der Waals surface area (Å²) in [5.41, 5.74) is 2.83. The molecule has 0 bridgehead atoms. The van der Waals surface area contributed by atoms with Gasteiger partial charge in [0.15, 0.2) is 0 Å². The standard InChI is InChI=1S/C19H16FN3O2/c20-14-8-6-13(7-9-14)17-16-15(21-19(25)22-17)11-23(18(16)24)10-12-4-2-1-3-5-12/h1-9,17H,10-11H2,(H2,21,22,25)/t17-/m0/s1. The molecule has 2 aromatic rings. The molecule has 0 aromatic heterocycles. The van der Waals surface area contributed by atoms with Gasteiger partial charge in [0.2, 0.25) is 0 Å². The first kappa shape index (κ1) is 15.4. The van der Waals surface area contributed by atoms with Crippen molar-refractivity contribution in [3.63, 3.8) is 0 Å². The molecule has 5 nitrogen and oxygen atoms in total. The average molecular weight is 337 g/mol. The van der Waals surface area contributed by atoms with Gasteiger partial charge in [-0.05, 0) is 23.3 Å². The Balaban J connectivity index is 1.63. The fraction of sp³-hybridized carbons (Fsp3) is 0.158. The minimum atomic E-state index is -0.572. The largest absolute Gasteiger partial charge is 0.329 e. The number of urea groups is 1. The number of carbonyl (C=O) groups is 2. The third kappa shape index (κ3) is 2.87. The predicted molar refractivity (Wildman–Crippen MR) is 89.7 cm³/mol. The Bertz CT molecular complexity index is 862. The Kier molecular flexibility index (Phi) is 3.72. The highest BCUT2D eigenvalue weighted by Crippen LogP contribution is 2.33. The third-order valence-corrected chi connectivity index (χ3v) is 4.44. The molecule has 1 atom stereocenters. The van der Waals surface area contributed by atoms with Crippen molar-refractivity contribution in [3.8, 4) is 0 Å². The summed E-state index contributed by atoms with van der Waals surface area (Å²) in [5, 5.41) is 5.49. The monoisotopic (exact) mass is 337 g/mol. The van der Waals surface area contributed by atoms with Crippen LogP contribution in [0.1, 0.15) is 17.2 Å². The molecule has 0 saturated carbocycles. The number of nitrogens with zero attached hydrogens (tertiary/aromatic N) is 1. The van der Waals surface area contributed by atoms with Crippen molar-refractivity contribution in [2.45, 2.75) is 12.6 Å². The van der Waals surface area contributed by atoms with E-state index in [4.69, 9.17) is 0 Å². The lowest BCUT2D eigenvalue weighted by Gasteiger charge is -2.25. The van der Waals surface area contributed by atoms with Gasteiger partial charge >= 0.3 is 6.03 Å². The Labute approximate surface area is 144 Å². The van der Waals surface area contributed by atoms with Crippen molar-refractivity contribution in [1.82, 2.24) is 15.5 Å². The van der Waals surface area contributed by atoms with Gasteiger partial charge in [-0.15, -0.1) is 0 Å². The average Bonchev–Trinajstić information content (AvgIpc) is 2.91. The van der Waals surface area contributed by atoms with Crippen LogP contribution in [-0.2, 0) is 11.3 Å². The lowest BCUT2D eigenvalue weighted by Crippen LogP contribution is -2.44. The number of rotatable bonds is 3. The molecule has 4 rings (SSSR count). The summed E-state index contributed by atoms with van der Waals surface area (Å²) in [5.74, 6) is -0.484. The van der Waals surface area contributed by atoms with E-state index in [1.54, 1.807) is 17.0 Å². The van der Waals surface area contributed by atoms with Crippen molar-refractivity contribution < 1.29 is 14.0 Å². The van der Waals surface area contributed by atoms with Crippen LogP contribution in [0.4, 0.5) is 9.18 Å². The minimum absolute atomic E-state index is 0.124. The number of nitrogens with one attached hydrogen (secondary N) is 2. The van der Waals surface area contributed by atoms with Gasteiger partial charge in [-0.2, -0.15) is 0 Å². The summed E-state index contributed by atoms with van der Waals surface area (Å²) < 4.78 is 13.2. The van der Waals surface area contributed by atoms with Crippen LogP contribution in [0.25, 0.3) is 0 Å². The molecule has 126 valence electrons. The van der Waals surface area contributed by atoms with Gasteiger partial charge in [0, 0.05) is 6.54 Å². The number of benzene rings is 2. The Morgan fingerprint density at radius 1 is 1.04 bits per heavy atom. The van der Waals surface area contributed by atoms with E-state index in [1.807, 2.05) is 30.3 Å². The maximum atomic E-state index is 13.2. The molecule has 2 aromatic carbocycles. The lowest BCUT2D eigenvalue weighted by molar-refractivity contribution is -0.126. The second-order valence-electron chi connectivity index (χ2n) is 6.12. The fourth-order valence-corrected chi connectivity index (χ4v) is 3.26. The molecule has 0 fully saturated rings. The van der Waals surface area contributed by atoms with E-state index in [9.17, 15) is 14.0 Å². The van der Waals surface area contributed by atoms with Crippen LogP contribution in [0, 0.1) is 5.82 Å². The van der Waals surface area contributed by atoms with Crippen molar-refractivity contribution in [1.29, 1.82) is 0 Å². The van der Waals surface area contributed by atoms with Crippen LogP contribution in [0.15, 0.2) is 65.9 Å². The Hall–Kier alpha value is -3.15. The zero-order valence-corrected chi connectivity index (χ0v) is 13.3. The zero-order valence-electron chi connectivity index (χ0n) is 13.3. The number of hydrogen-bond donors (Lipinski definition) is 2. The quantitative estimate of drug-likeness (QED) is 0.904. The van der Waals surface area contributed by atoms with E-state index in [-0.39, 0.29) is 17.8 Å². The van der Waals surface area contributed by atoms with Crippen LogP contribution >= 0.6 is 0 Å². The van der Waals surface area contributed by atoms with Crippen LogP contribution in [0.3, 0.4) is 0 Å². The maximum absolute atomic E-state index is 13.2. The van der Waals surface area contributed by atoms with Gasteiger partial charge in [0.25, 0.3) is 5.91 Å². The molecule has 0 aliphatic carbocycles. The van der Waals surface area contributed by atoms with Gasteiger partial charge in [-0.25, -0.2) is 9.18 Å². The number of carbonyl (C=O) groups excluding carboxylic acids is 2. The Morgan fingerprint density at radius 2 is 1.76 bits per heavy atom. The number of halogens is 1. The van der Waals surface area contributed by atoms with Crippen molar-refractivity contribution in [2.75, 3.05) is 6.54 Å². The first-order valence-electron chi connectivity index (χ1n) is 8.01.